The topological polar surface area (TPSA) is 94.5 Å². The van der Waals surface area contributed by atoms with E-state index in [-0.39, 0.29) is 17.7 Å². The van der Waals surface area contributed by atoms with E-state index in [4.69, 9.17) is 18.9 Å². The Kier molecular flexibility index (Phi) is 11.3. The number of hydrogen-bond acceptors (Lipinski definition) is 6. The number of methoxy groups -OCH3 is 3. The second-order valence-electron chi connectivity index (χ2n) is 11.2. The maximum atomic E-state index is 14.5. The molecule has 2 aromatic rings. The zero-order valence-electron chi connectivity index (χ0n) is 24.7. The highest BCUT2D eigenvalue weighted by molar-refractivity contribution is 5.89. The number of benzene rings is 2. The maximum absolute atomic E-state index is 14.5. The van der Waals surface area contributed by atoms with Crippen LogP contribution in [0.4, 0.5) is 0 Å². The number of carboxylic acid groups (broad SMARTS) is 1. The van der Waals surface area contributed by atoms with Gasteiger partial charge in [-0.05, 0) is 73.6 Å². The van der Waals surface area contributed by atoms with Crippen molar-refractivity contribution in [3.63, 3.8) is 0 Å². The van der Waals surface area contributed by atoms with Crippen molar-refractivity contribution in [1.29, 1.82) is 0 Å². The predicted octanol–water partition coefficient (Wildman–Crippen LogP) is 6.07. The lowest BCUT2D eigenvalue weighted by molar-refractivity contribution is -0.156. The lowest BCUT2D eigenvalue weighted by Crippen LogP contribution is -2.54. The van der Waals surface area contributed by atoms with Crippen molar-refractivity contribution >= 4 is 11.9 Å². The zero-order valence-corrected chi connectivity index (χ0v) is 24.7. The molecule has 8 nitrogen and oxygen atoms in total. The van der Waals surface area contributed by atoms with E-state index in [1.54, 1.807) is 26.2 Å². The number of piperidine rings is 1. The molecule has 1 N–H and O–H groups in total. The first-order chi connectivity index (χ1) is 20.0. The molecule has 1 unspecified atom stereocenters. The van der Waals surface area contributed by atoms with Gasteiger partial charge in [0.1, 0.15) is 6.04 Å². The van der Waals surface area contributed by atoms with Gasteiger partial charge in [0, 0.05) is 13.2 Å². The predicted molar refractivity (Wildman–Crippen MR) is 157 cm³/mol. The van der Waals surface area contributed by atoms with Crippen molar-refractivity contribution < 1.29 is 33.6 Å². The fourth-order valence-corrected chi connectivity index (χ4v) is 6.71. The van der Waals surface area contributed by atoms with Gasteiger partial charge in [0.25, 0.3) is 0 Å². The summed E-state index contributed by atoms with van der Waals surface area (Å²) in [5, 5.41) is 10.4. The number of carbonyl (C=O) groups excluding carboxylic acids is 1. The molecule has 2 fully saturated rings. The second kappa shape index (κ2) is 15.1. The number of hydrogen-bond donors (Lipinski definition) is 1. The minimum atomic E-state index is -0.930. The SMILES string of the molecule is COc1cc([C@@H](C(=O)N2CCCC(CCCOCc3ccccc3)[C@H]2C(=O)O)C2CCCCC2)cc(OC)c1OC. The van der Waals surface area contributed by atoms with Crippen molar-refractivity contribution in [2.75, 3.05) is 34.5 Å². The van der Waals surface area contributed by atoms with Crippen molar-refractivity contribution in [1.82, 2.24) is 4.90 Å². The first-order valence-corrected chi connectivity index (χ1v) is 14.9. The van der Waals surface area contributed by atoms with Gasteiger partial charge < -0.3 is 29.0 Å². The molecule has 41 heavy (non-hydrogen) atoms. The molecule has 2 aliphatic rings. The van der Waals surface area contributed by atoms with Crippen molar-refractivity contribution in [3.8, 4) is 17.2 Å². The van der Waals surface area contributed by atoms with Crippen LogP contribution in [0.2, 0.25) is 0 Å². The van der Waals surface area contributed by atoms with Gasteiger partial charge in [-0.15, -0.1) is 0 Å². The number of carboxylic acids is 1. The van der Waals surface area contributed by atoms with E-state index in [0.717, 1.165) is 62.5 Å². The molecule has 8 heteroatoms. The molecular formula is C33H45NO7. The Morgan fingerprint density at radius 3 is 2.22 bits per heavy atom. The van der Waals surface area contributed by atoms with Crippen LogP contribution < -0.4 is 14.2 Å². The Hall–Kier alpha value is -3.26. The highest BCUT2D eigenvalue weighted by Crippen LogP contribution is 2.45. The van der Waals surface area contributed by atoms with E-state index in [0.29, 0.717) is 43.4 Å². The lowest BCUT2D eigenvalue weighted by atomic mass is 9.75. The van der Waals surface area contributed by atoms with Crippen LogP contribution in [0.15, 0.2) is 42.5 Å². The molecular weight excluding hydrogens is 522 g/mol. The van der Waals surface area contributed by atoms with Crippen LogP contribution in [-0.4, -0.2) is 62.4 Å². The molecule has 2 aromatic carbocycles. The normalized spacial score (nSPS) is 20.3. The minimum Gasteiger partial charge on any atom is -0.493 e. The van der Waals surface area contributed by atoms with Gasteiger partial charge in [-0.2, -0.15) is 0 Å². The number of aliphatic carboxylic acids is 1. The van der Waals surface area contributed by atoms with Gasteiger partial charge in [-0.25, -0.2) is 4.79 Å². The summed E-state index contributed by atoms with van der Waals surface area (Å²) in [4.78, 5) is 28.8. The molecule has 1 heterocycles. The Labute approximate surface area is 243 Å². The molecule has 1 saturated carbocycles. The quantitative estimate of drug-likeness (QED) is 0.294. The van der Waals surface area contributed by atoms with Crippen LogP contribution in [0.3, 0.4) is 0 Å². The summed E-state index contributed by atoms with van der Waals surface area (Å²) >= 11 is 0. The summed E-state index contributed by atoms with van der Waals surface area (Å²) < 4.78 is 22.6. The number of nitrogens with zero attached hydrogens (tertiary/aromatic N) is 1. The molecule has 0 bridgehead atoms. The summed E-state index contributed by atoms with van der Waals surface area (Å²) in [6, 6.07) is 12.9. The standard InChI is InChI=1S/C33H45NO7/c1-38-27-20-26(21-28(39-2)31(27)40-3)29(24-14-8-5-9-15-24)32(35)34-18-10-16-25(30(34)33(36)37)17-11-19-41-22-23-12-6-4-7-13-23/h4,6-7,12-13,20-21,24-25,29-30H,5,8-11,14-19,22H2,1-3H3,(H,36,37)/t25?,29-,30-/m0/s1. The number of ether oxygens (including phenoxy) is 4. The number of amides is 1. The average Bonchev–Trinajstić information content (AvgIpc) is 3.01. The molecule has 224 valence electrons. The fourth-order valence-electron chi connectivity index (χ4n) is 6.71. The summed E-state index contributed by atoms with van der Waals surface area (Å²) in [7, 11) is 4.69. The first kappa shape index (κ1) is 30.7. The largest absolute Gasteiger partial charge is 0.493 e. The number of likely N-dealkylation sites (tertiary alicyclic amines) is 1. The minimum absolute atomic E-state index is 0.108. The van der Waals surface area contributed by atoms with Gasteiger partial charge in [0.2, 0.25) is 11.7 Å². The molecule has 1 amide bonds. The van der Waals surface area contributed by atoms with Gasteiger partial charge in [0.15, 0.2) is 11.5 Å². The van der Waals surface area contributed by atoms with Crippen LogP contribution in [-0.2, 0) is 20.9 Å². The lowest BCUT2D eigenvalue weighted by Gasteiger charge is -2.42. The van der Waals surface area contributed by atoms with Crippen LogP contribution in [0.25, 0.3) is 0 Å². The van der Waals surface area contributed by atoms with E-state index in [1.165, 1.54) is 0 Å². The zero-order chi connectivity index (χ0) is 29.2. The van der Waals surface area contributed by atoms with Crippen LogP contribution >= 0.6 is 0 Å². The van der Waals surface area contributed by atoms with E-state index >= 15 is 0 Å². The molecule has 0 radical (unpaired) electrons. The molecule has 0 spiro atoms. The van der Waals surface area contributed by atoms with Gasteiger partial charge in [-0.3, -0.25) is 4.79 Å². The molecule has 1 aliphatic heterocycles. The summed E-state index contributed by atoms with van der Waals surface area (Å²) in [6.45, 7) is 1.54. The molecule has 4 rings (SSSR count). The Morgan fingerprint density at radius 1 is 0.927 bits per heavy atom. The third-order valence-corrected chi connectivity index (χ3v) is 8.70. The number of rotatable bonds is 13. The summed E-state index contributed by atoms with van der Waals surface area (Å²) in [6.07, 6.45) is 8.18. The van der Waals surface area contributed by atoms with E-state index in [1.807, 2.05) is 42.5 Å². The third kappa shape index (κ3) is 7.53. The van der Waals surface area contributed by atoms with Crippen LogP contribution in [0.5, 0.6) is 17.2 Å². The molecule has 1 saturated heterocycles. The van der Waals surface area contributed by atoms with Gasteiger partial charge in [0.05, 0.1) is 33.9 Å². The molecule has 3 atom stereocenters. The Bertz CT molecular complexity index is 1110. The third-order valence-electron chi connectivity index (χ3n) is 8.70. The van der Waals surface area contributed by atoms with Gasteiger partial charge >= 0.3 is 5.97 Å². The highest BCUT2D eigenvalue weighted by Gasteiger charge is 2.43. The van der Waals surface area contributed by atoms with Crippen LogP contribution in [0.1, 0.15) is 74.8 Å². The molecule has 1 aliphatic carbocycles. The maximum Gasteiger partial charge on any atom is 0.326 e. The summed E-state index contributed by atoms with van der Waals surface area (Å²) in [5.41, 5.74) is 1.91. The van der Waals surface area contributed by atoms with Crippen LogP contribution in [0, 0.1) is 11.8 Å². The Balaban J connectivity index is 1.54. The smallest absolute Gasteiger partial charge is 0.326 e. The van der Waals surface area contributed by atoms with Gasteiger partial charge in [-0.1, -0.05) is 49.6 Å². The van der Waals surface area contributed by atoms with Crippen molar-refractivity contribution in [2.24, 2.45) is 11.8 Å². The first-order valence-electron chi connectivity index (χ1n) is 14.9. The average molecular weight is 568 g/mol. The second-order valence-corrected chi connectivity index (χ2v) is 11.2. The molecule has 0 aromatic heterocycles. The van der Waals surface area contributed by atoms with Crippen molar-refractivity contribution in [3.05, 3.63) is 53.6 Å². The van der Waals surface area contributed by atoms with Crippen molar-refractivity contribution in [2.45, 2.75) is 76.4 Å². The fraction of sp³-hybridized carbons (Fsp3) is 0.576. The Morgan fingerprint density at radius 2 is 1.61 bits per heavy atom. The van der Waals surface area contributed by atoms with E-state index in [9.17, 15) is 14.7 Å². The van der Waals surface area contributed by atoms with E-state index < -0.39 is 17.9 Å². The highest BCUT2D eigenvalue weighted by atomic mass is 16.5. The monoisotopic (exact) mass is 567 g/mol. The number of carbonyl (C=O) groups is 2. The van der Waals surface area contributed by atoms with E-state index in [2.05, 4.69) is 0 Å². The summed E-state index contributed by atoms with van der Waals surface area (Å²) in [5.74, 6) is -0.0280.